The molecule has 0 spiro atoms. The first-order chi connectivity index (χ1) is 11.2. The van der Waals surface area contributed by atoms with Crippen molar-refractivity contribution in [1.29, 1.82) is 0 Å². The second kappa shape index (κ2) is 6.36. The van der Waals surface area contributed by atoms with Crippen LogP contribution in [-0.2, 0) is 6.54 Å². The Morgan fingerprint density at radius 3 is 2.52 bits per heavy atom. The molecule has 1 N–H and O–H groups in total. The van der Waals surface area contributed by atoms with Crippen LogP contribution < -0.4 is 5.56 Å². The molecule has 1 aromatic rings. The van der Waals surface area contributed by atoms with Gasteiger partial charge in [-0.2, -0.15) is 5.10 Å². The lowest BCUT2D eigenvalue weighted by atomic mass is 9.95. The highest BCUT2D eigenvalue weighted by Gasteiger charge is 2.33. The van der Waals surface area contributed by atoms with Gasteiger partial charge < -0.3 is 5.11 Å². The molecule has 0 radical (unpaired) electrons. The molecular formula is C18H27N3O2. The molecule has 0 bridgehead atoms. The number of aliphatic hydroxyl groups excluding tert-OH is 1. The molecule has 5 nitrogen and oxygen atoms in total. The Labute approximate surface area is 137 Å². The van der Waals surface area contributed by atoms with E-state index in [9.17, 15) is 9.90 Å². The van der Waals surface area contributed by atoms with Crippen molar-refractivity contribution in [2.24, 2.45) is 5.92 Å². The zero-order valence-electron chi connectivity index (χ0n) is 13.7. The molecule has 5 heteroatoms. The monoisotopic (exact) mass is 317 g/mol. The molecule has 23 heavy (non-hydrogen) atoms. The summed E-state index contributed by atoms with van der Waals surface area (Å²) in [7, 11) is 0. The van der Waals surface area contributed by atoms with E-state index in [-0.39, 0.29) is 11.7 Å². The fourth-order valence-corrected chi connectivity index (χ4v) is 4.25. The summed E-state index contributed by atoms with van der Waals surface area (Å²) in [5.74, 6) is 1.12. The lowest BCUT2D eigenvalue weighted by molar-refractivity contribution is 0.0455. The normalized spacial score (nSPS) is 30.0. The number of aromatic nitrogens is 2. The molecule has 4 rings (SSSR count). The zero-order valence-corrected chi connectivity index (χ0v) is 13.7. The predicted octanol–water partition coefficient (Wildman–Crippen LogP) is 1.75. The first-order valence-electron chi connectivity index (χ1n) is 9.21. The van der Waals surface area contributed by atoms with Gasteiger partial charge in [0, 0.05) is 24.6 Å². The maximum Gasteiger partial charge on any atom is 0.266 e. The van der Waals surface area contributed by atoms with Gasteiger partial charge in [-0.05, 0) is 70.0 Å². The van der Waals surface area contributed by atoms with E-state index in [1.165, 1.54) is 12.8 Å². The second-order valence-electron chi connectivity index (χ2n) is 7.60. The van der Waals surface area contributed by atoms with E-state index in [1.807, 2.05) is 6.07 Å². The van der Waals surface area contributed by atoms with Gasteiger partial charge in [0.1, 0.15) is 0 Å². The summed E-state index contributed by atoms with van der Waals surface area (Å²) in [6.07, 6.45) is 7.75. The zero-order chi connectivity index (χ0) is 15.8. The van der Waals surface area contributed by atoms with Crippen molar-refractivity contribution in [2.45, 2.75) is 69.6 Å². The molecule has 1 aromatic heterocycles. The average molecular weight is 317 g/mol. The van der Waals surface area contributed by atoms with Crippen LogP contribution in [0.4, 0.5) is 0 Å². The first-order valence-corrected chi connectivity index (χ1v) is 9.21. The quantitative estimate of drug-likeness (QED) is 0.919. The van der Waals surface area contributed by atoms with E-state index >= 15 is 0 Å². The number of likely N-dealkylation sites (tertiary alicyclic amines) is 1. The molecule has 2 unspecified atom stereocenters. The summed E-state index contributed by atoms with van der Waals surface area (Å²) in [6, 6.07) is 3.96. The number of rotatable bonds is 4. The van der Waals surface area contributed by atoms with Gasteiger partial charge >= 0.3 is 0 Å². The molecule has 3 aliphatic rings. The number of hydrogen-bond donors (Lipinski definition) is 1. The Balaban J connectivity index is 1.36. The van der Waals surface area contributed by atoms with Crippen molar-refractivity contribution >= 4 is 0 Å². The van der Waals surface area contributed by atoms with Gasteiger partial charge in [0.25, 0.3) is 5.56 Å². The molecule has 0 aromatic carbocycles. The van der Waals surface area contributed by atoms with Gasteiger partial charge in [0.15, 0.2) is 0 Å². The van der Waals surface area contributed by atoms with Gasteiger partial charge in [0.2, 0.25) is 0 Å². The maximum atomic E-state index is 12.1. The van der Waals surface area contributed by atoms with Crippen molar-refractivity contribution < 1.29 is 5.11 Å². The summed E-state index contributed by atoms with van der Waals surface area (Å²) >= 11 is 0. The average Bonchev–Trinajstić information content (AvgIpc) is 3.32. The van der Waals surface area contributed by atoms with Gasteiger partial charge in [-0.3, -0.25) is 9.69 Å². The Kier molecular flexibility index (Phi) is 4.24. The summed E-state index contributed by atoms with van der Waals surface area (Å²) in [6.45, 7) is 2.84. The Bertz CT molecular complexity index is 603. The topological polar surface area (TPSA) is 58.4 Å². The largest absolute Gasteiger partial charge is 0.391 e. The molecule has 2 aliphatic carbocycles. The van der Waals surface area contributed by atoms with Crippen LogP contribution in [0.15, 0.2) is 16.9 Å². The van der Waals surface area contributed by atoms with Crippen LogP contribution >= 0.6 is 0 Å². The highest BCUT2D eigenvalue weighted by atomic mass is 16.3. The minimum absolute atomic E-state index is 0.0306. The SMILES string of the molecule is O=c1ccc(C2CC2)nn1CC1CCN(C2CCCC2O)CC1. The van der Waals surface area contributed by atoms with Gasteiger partial charge in [0.05, 0.1) is 11.8 Å². The van der Waals surface area contributed by atoms with Gasteiger partial charge in [-0.1, -0.05) is 0 Å². The third kappa shape index (κ3) is 3.36. The molecule has 1 aliphatic heterocycles. The summed E-state index contributed by atoms with van der Waals surface area (Å²) in [5, 5.41) is 14.7. The highest BCUT2D eigenvalue weighted by Crippen LogP contribution is 2.38. The summed E-state index contributed by atoms with van der Waals surface area (Å²) < 4.78 is 1.69. The lowest BCUT2D eigenvalue weighted by Gasteiger charge is -2.37. The van der Waals surface area contributed by atoms with Crippen LogP contribution in [0.3, 0.4) is 0 Å². The number of piperidine rings is 1. The minimum Gasteiger partial charge on any atom is -0.391 e. The van der Waals surface area contributed by atoms with E-state index in [2.05, 4.69) is 10.00 Å². The van der Waals surface area contributed by atoms with Crippen LogP contribution in [-0.4, -0.2) is 45.0 Å². The van der Waals surface area contributed by atoms with E-state index in [0.29, 0.717) is 17.9 Å². The number of hydrogen-bond acceptors (Lipinski definition) is 4. The number of aliphatic hydroxyl groups is 1. The predicted molar refractivity (Wildman–Crippen MR) is 88.4 cm³/mol. The highest BCUT2D eigenvalue weighted by molar-refractivity contribution is 5.12. The standard InChI is InChI=1S/C18H27N3O2/c22-17-3-1-2-16(17)20-10-8-13(9-11-20)12-21-18(23)7-6-15(19-21)14-4-5-14/h6-7,13-14,16-17,22H,1-5,8-12H2. The van der Waals surface area contributed by atoms with Crippen LogP contribution in [0.25, 0.3) is 0 Å². The van der Waals surface area contributed by atoms with Crippen molar-refractivity contribution in [1.82, 2.24) is 14.7 Å². The first kappa shape index (κ1) is 15.3. The molecule has 2 saturated carbocycles. The van der Waals surface area contributed by atoms with E-state index in [0.717, 1.165) is 57.4 Å². The molecule has 126 valence electrons. The molecule has 2 heterocycles. The van der Waals surface area contributed by atoms with E-state index < -0.39 is 0 Å². The fourth-order valence-electron chi connectivity index (χ4n) is 4.25. The third-order valence-corrected chi connectivity index (χ3v) is 5.88. The van der Waals surface area contributed by atoms with Crippen LogP contribution in [0.5, 0.6) is 0 Å². The molecular weight excluding hydrogens is 290 g/mol. The Hall–Kier alpha value is -1.20. The van der Waals surface area contributed by atoms with Gasteiger partial charge in [-0.25, -0.2) is 4.68 Å². The van der Waals surface area contributed by atoms with Crippen LogP contribution in [0.2, 0.25) is 0 Å². The van der Waals surface area contributed by atoms with Gasteiger partial charge in [-0.15, -0.1) is 0 Å². The number of nitrogens with zero attached hydrogens (tertiary/aromatic N) is 3. The van der Waals surface area contributed by atoms with E-state index in [1.54, 1.807) is 10.7 Å². The minimum atomic E-state index is -0.133. The van der Waals surface area contributed by atoms with Crippen molar-refractivity contribution in [3.05, 3.63) is 28.2 Å². The van der Waals surface area contributed by atoms with Crippen molar-refractivity contribution in [3.8, 4) is 0 Å². The molecule has 0 amide bonds. The summed E-state index contributed by atoms with van der Waals surface area (Å²) in [4.78, 5) is 14.5. The maximum absolute atomic E-state index is 12.1. The van der Waals surface area contributed by atoms with Crippen LogP contribution in [0.1, 0.15) is 56.6 Å². The summed E-state index contributed by atoms with van der Waals surface area (Å²) in [5.41, 5.74) is 1.12. The fraction of sp³-hybridized carbons (Fsp3) is 0.778. The second-order valence-corrected chi connectivity index (χ2v) is 7.60. The third-order valence-electron chi connectivity index (χ3n) is 5.88. The lowest BCUT2D eigenvalue weighted by Crippen LogP contribution is -2.45. The van der Waals surface area contributed by atoms with E-state index in [4.69, 9.17) is 0 Å². The van der Waals surface area contributed by atoms with Crippen molar-refractivity contribution in [3.63, 3.8) is 0 Å². The molecule has 1 saturated heterocycles. The van der Waals surface area contributed by atoms with Crippen LogP contribution in [0, 0.1) is 5.92 Å². The molecule has 2 atom stereocenters. The smallest absolute Gasteiger partial charge is 0.266 e. The molecule has 3 fully saturated rings. The Morgan fingerprint density at radius 2 is 1.87 bits per heavy atom. The van der Waals surface area contributed by atoms with Crippen molar-refractivity contribution in [2.75, 3.05) is 13.1 Å². The Morgan fingerprint density at radius 1 is 1.09 bits per heavy atom.